The van der Waals surface area contributed by atoms with E-state index in [-0.39, 0.29) is 18.4 Å². The summed E-state index contributed by atoms with van der Waals surface area (Å²) >= 11 is 0. The Labute approximate surface area is 124 Å². The van der Waals surface area contributed by atoms with Crippen LogP contribution >= 0.6 is 0 Å². The predicted octanol–water partition coefficient (Wildman–Crippen LogP) is 2.32. The van der Waals surface area contributed by atoms with Crippen LogP contribution in [0.2, 0.25) is 0 Å². The van der Waals surface area contributed by atoms with Crippen LogP contribution in [0.25, 0.3) is 0 Å². The van der Waals surface area contributed by atoms with Crippen LogP contribution in [0.5, 0.6) is 11.5 Å². The first kappa shape index (κ1) is 14.2. The van der Waals surface area contributed by atoms with Crippen LogP contribution in [0.3, 0.4) is 0 Å². The second-order valence-electron chi connectivity index (χ2n) is 5.85. The maximum absolute atomic E-state index is 10.7. The molecule has 0 aliphatic carbocycles. The van der Waals surface area contributed by atoms with Gasteiger partial charge in [0.25, 0.3) is 0 Å². The first-order chi connectivity index (χ1) is 10.1. The lowest BCUT2D eigenvalue weighted by atomic mass is 9.92. The number of benzene rings is 1. The molecule has 0 bridgehead atoms. The Morgan fingerprint density at radius 2 is 2.05 bits per heavy atom. The molecule has 114 valence electrons. The van der Waals surface area contributed by atoms with Crippen molar-refractivity contribution in [1.29, 1.82) is 0 Å². The molecule has 21 heavy (non-hydrogen) atoms. The molecule has 1 atom stereocenters. The summed E-state index contributed by atoms with van der Waals surface area (Å²) in [5, 5.41) is 8.80. The van der Waals surface area contributed by atoms with Gasteiger partial charge in [-0.3, -0.25) is 9.69 Å². The van der Waals surface area contributed by atoms with Crippen molar-refractivity contribution >= 4 is 5.97 Å². The minimum atomic E-state index is -0.706. The molecule has 5 nitrogen and oxygen atoms in total. The van der Waals surface area contributed by atoms with E-state index < -0.39 is 5.97 Å². The number of aliphatic carboxylic acids is 1. The maximum atomic E-state index is 10.7. The van der Waals surface area contributed by atoms with E-state index >= 15 is 0 Å². The summed E-state index contributed by atoms with van der Waals surface area (Å²) in [5.74, 6) is 1.21. The Hall–Kier alpha value is -1.75. The van der Waals surface area contributed by atoms with Crippen molar-refractivity contribution in [2.24, 2.45) is 5.92 Å². The Bertz CT molecular complexity index is 525. The van der Waals surface area contributed by atoms with Gasteiger partial charge in [-0.1, -0.05) is 6.07 Å². The van der Waals surface area contributed by atoms with Crippen LogP contribution in [0.4, 0.5) is 0 Å². The number of hydrogen-bond acceptors (Lipinski definition) is 4. The van der Waals surface area contributed by atoms with Crippen molar-refractivity contribution in [2.45, 2.75) is 25.8 Å². The highest BCUT2D eigenvalue weighted by Crippen LogP contribution is 2.36. The molecule has 2 aliphatic heterocycles. The van der Waals surface area contributed by atoms with Gasteiger partial charge in [0.2, 0.25) is 0 Å². The van der Waals surface area contributed by atoms with E-state index in [2.05, 4.69) is 24.0 Å². The van der Waals surface area contributed by atoms with E-state index in [0.717, 1.165) is 31.0 Å². The number of rotatable bonds is 4. The van der Waals surface area contributed by atoms with Gasteiger partial charge in [0, 0.05) is 25.6 Å². The van der Waals surface area contributed by atoms with Gasteiger partial charge in [-0.2, -0.15) is 0 Å². The highest BCUT2D eigenvalue weighted by molar-refractivity contribution is 5.67. The van der Waals surface area contributed by atoms with Crippen molar-refractivity contribution in [2.75, 3.05) is 26.3 Å². The molecule has 1 fully saturated rings. The fourth-order valence-corrected chi connectivity index (χ4v) is 2.95. The van der Waals surface area contributed by atoms with E-state index in [1.165, 1.54) is 5.56 Å². The van der Waals surface area contributed by atoms with Gasteiger partial charge in [-0.25, -0.2) is 0 Å². The molecule has 5 heteroatoms. The quantitative estimate of drug-likeness (QED) is 0.922. The van der Waals surface area contributed by atoms with Gasteiger partial charge < -0.3 is 14.6 Å². The molecule has 0 aromatic heterocycles. The molecule has 0 radical (unpaired) electrons. The Kier molecular flexibility index (Phi) is 4.01. The predicted molar refractivity (Wildman–Crippen MR) is 77.8 cm³/mol. The third-order valence-electron chi connectivity index (χ3n) is 4.25. The molecule has 0 spiro atoms. The van der Waals surface area contributed by atoms with Crippen LogP contribution in [0.1, 0.15) is 31.4 Å². The Morgan fingerprint density at radius 1 is 1.33 bits per heavy atom. The molecular weight excluding hydrogens is 270 g/mol. The lowest BCUT2D eigenvalue weighted by Crippen LogP contribution is -2.48. The lowest BCUT2D eigenvalue weighted by Gasteiger charge is -2.43. The molecule has 1 saturated heterocycles. The minimum absolute atomic E-state index is 0.268. The highest BCUT2D eigenvalue weighted by atomic mass is 16.5. The summed E-state index contributed by atoms with van der Waals surface area (Å²) in [5.41, 5.74) is 1.19. The second-order valence-corrected chi connectivity index (χ2v) is 5.85. The zero-order chi connectivity index (χ0) is 14.8. The summed E-state index contributed by atoms with van der Waals surface area (Å²) < 4.78 is 11.4. The molecule has 0 amide bonds. The second kappa shape index (κ2) is 5.93. The third kappa shape index (κ3) is 3.13. The standard InChI is InChI=1S/C16H21NO4/c1-11(17-9-12(10-17)7-16(18)19)13-3-4-14-15(8-13)21-6-2-5-20-14/h3-4,8,11-12H,2,5-7,9-10H2,1H3,(H,18,19). The molecule has 1 aromatic rings. The summed E-state index contributed by atoms with van der Waals surface area (Å²) in [4.78, 5) is 13.0. The summed E-state index contributed by atoms with van der Waals surface area (Å²) in [6.07, 6.45) is 1.17. The fourth-order valence-electron chi connectivity index (χ4n) is 2.95. The first-order valence-corrected chi connectivity index (χ1v) is 7.49. The number of ether oxygens (including phenoxy) is 2. The van der Waals surface area contributed by atoms with E-state index in [9.17, 15) is 4.79 Å². The van der Waals surface area contributed by atoms with Crippen LogP contribution in [0.15, 0.2) is 18.2 Å². The van der Waals surface area contributed by atoms with Crippen molar-refractivity contribution in [1.82, 2.24) is 4.90 Å². The van der Waals surface area contributed by atoms with Crippen molar-refractivity contribution in [3.05, 3.63) is 23.8 Å². The third-order valence-corrected chi connectivity index (χ3v) is 4.25. The molecule has 3 rings (SSSR count). The van der Waals surface area contributed by atoms with Crippen LogP contribution in [-0.2, 0) is 4.79 Å². The van der Waals surface area contributed by atoms with Gasteiger partial charge >= 0.3 is 5.97 Å². The average Bonchev–Trinajstić information content (AvgIpc) is 2.65. The van der Waals surface area contributed by atoms with E-state index in [0.29, 0.717) is 13.2 Å². The van der Waals surface area contributed by atoms with E-state index in [1.54, 1.807) is 0 Å². The smallest absolute Gasteiger partial charge is 0.303 e. The molecule has 0 saturated carbocycles. The van der Waals surface area contributed by atoms with E-state index in [4.69, 9.17) is 14.6 Å². The van der Waals surface area contributed by atoms with Crippen LogP contribution in [-0.4, -0.2) is 42.3 Å². The number of hydrogen-bond donors (Lipinski definition) is 1. The maximum Gasteiger partial charge on any atom is 0.303 e. The highest BCUT2D eigenvalue weighted by Gasteiger charge is 2.32. The Morgan fingerprint density at radius 3 is 2.76 bits per heavy atom. The number of carboxylic acids is 1. The molecule has 1 aromatic carbocycles. The van der Waals surface area contributed by atoms with Gasteiger partial charge in [0.15, 0.2) is 11.5 Å². The Balaban J connectivity index is 1.64. The van der Waals surface area contributed by atoms with Crippen molar-refractivity contribution in [3.63, 3.8) is 0 Å². The van der Waals surface area contributed by atoms with Crippen molar-refractivity contribution < 1.29 is 19.4 Å². The topological polar surface area (TPSA) is 59.0 Å². The van der Waals surface area contributed by atoms with Crippen LogP contribution in [0, 0.1) is 5.92 Å². The lowest BCUT2D eigenvalue weighted by molar-refractivity contribution is -0.139. The average molecular weight is 291 g/mol. The minimum Gasteiger partial charge on any atom is -0.490 e. The zero-order valence-electron chi connectivity index (χ0n) is 12.2. The summed E-state index contributed by atoms with van der Waals surface area (Å²) in [6, 6.07) is 6.37. The van der Waals surface area contributed by atoms with E-state index in [1.807, 2.05) is 6.07 Å². The van der Waals surface area contributed by atoms with Gasteiger partial charge in [0.1, 0.15) is 0 Å². The zero-order valence-corrected chi connectivity index (χ0v) is 12.2. The van der Waals surface area contributed by atoms with Crippen molar-refractivity contribution in [3.8, 4) is 11.5 Å². The number of carboxylic acid groups (broad SMARTS) is 1. The molecule has 1 N–H and O–H groups in total. The number of fused-ring (bicyclic) bond motifs is 1. The number of nitrogens with zero attached hydrogens (tertiary/aromatic N) is 1. The normalized spacial score (nSPS) is 20.4. The fraction of sp³-hybridized carbons (Fsp3) is 0.562. The number of carbonyl (C=O) groups is 1. The van der Waals surface area contributed by atoms with Gasteiger partial charge in [0.05, 0.1) is 19.6 Å². The molecule has 2 heterocycles. The molecular formula is C16H21NO4. The monoisotopic (exact) mass is 291 g/mol. The molecule has 2 aliphatic rings. The first-order valence-electron chi connectivity index (χ1n) is 7.49. The van der Waals surface area contributed by atoms with Gasteiger partial charge in [-0.05, 0) is 30.5 Å². The van der Waals surface area contributed by atoms with Crippen LogP contribution < -0.4 is 9.47 Å². The largest absolute Gasteiger partial charge is 0.490 e. The summed E-state index contributed by atoms with van der Waals surface area (Å²) in [6.45, 7) is 5.24. The van der Waals surface area contributed by atoms with Gasteiger partial charge in [-0.15, -0.1) is 0 Å². The number of likely N-dealkylation sites (tertiary alicyclic amines) is 1. The summed E-state index contributed by atoms with van der Waals surface area (Å²) in [7, 11) is 0. The SMILES string of the molecule is CC(c1ccc2c(c1)OCCCO2)N1CC(CC(=O)O)C1. The molecule has 1 unspecified atom stereocenters.